The number of carbonyl (C=O) groups excluding carboxylic acids is 2. The number of amides is 2. The van der Waals surface area contributed by atoms with Crippen molar-refractivity contribution >= 4 is 44.7 Å². The molecule has 198 valence electrons. The lowest BCUT2D eigenvalue weighted by atomic mass is 10.0. The van der Waals surface area contributed by atoms with Crippen molar-refractivity contribution in [1.29, 1.82) is 0 Å². The zero-order chi connectivity index (χ0) is 28.0. The van der Waals surface area contributed by atoms with Gasteiger partial charge in [-0.15, -0.1) is 11.3 Å². The van der Waals surface area contributed by atoms with E-state index in [0.717, 1.165) is 28.2 Å². The van der Waals surface area contributed by atoms with Gasteiger partial charge in [-0.05, 0) is 30.2 Å². The fourth-order valence-corrected chi connectivity index (χ4v) is 5.56. The molecule has 0 saturated carbocycles. The molecule has 0 aliphatic heterocycles. The zero-order valence-corrected chi connectivity index (χ0v) is 21.7. The normalized spacial score (nSPS) is 11.4. The molecule has 0 radical (unpaired) electrons. The number of benzene rings is 2. The summed E-state index contributed by atoms with van der Waals surface area (Å²) >= 11 is 0.846. The molecule has 8 nitrogen and oxygen atoms in total. The summed E-state index contributed by atoms with van der Waals surface area (Å²) in [6, 6.07) is 19.7. The average molecular weight is 555 g/mol. The molecule has 2 amide bonds. The smallest absolute Gasteiger partial charge is 0.280 e. The largest absolute Gasteiger partial charge is 0.365 e. The zero-order valence-electron chi connectivity index (χ0n) is 20.9. The Kier molecular flexibility index (Phi) is 6.27. The second-order valence-corrected chi connectivity index (χ2v) is 10.1. The number of hydrogen-bond acceptors (Lipinski definition) is 6. The molecule has 2 aromatic carbocycles. The number of pyridine rings is 1. The maximum absolute atomic E-state index is 13.7. The van der Waals surface area contributed by atoms with Gasteiger partial charge in [0.05, 0.1) is 17.6 Å². The number of fused-ring (bicyclic) bond motifs is 2. The molecule has 0 bridgehead atoms. The lowest BCUT2D eigenvalue weighted by molar-refractivity contribution is 0.100. The number of nitrogens with one attached hydrogen (secondary N) is 1. The molecular weight excluding hydrogens is 534 g/mol. The number of thiophene rings is 1. The van der Waals surface area contributed by atoms with Crippen molar-refractivity contribution in [2.75, 3.05) is 5.32 Å². The Morgan fingerprint density at radius 1 is 1.02 bits per heavy atom. The third kappa shape index (κ3) is 4.35. The van der Waals surface area contributed by atoms with E-state index in [0.29, 0.717) is 22.2 Å². The molecular formula is C29H20F2N6O2S. The number of aryl methyl sites for hydroxylation is 1. The van der Waals surface area contributed by atoms with Crippen LogP contribution in [0, 0.1) is 6.92 Å². The predicted octanol–water partition coefficient (Wildman–Crippen LogP) is 6.27. The van der Waals surface area contributed by atoms with E-state index in [1.54, 1.807) is 47.1 Å². The van der Waals surface area contributed by atoms with Crippen molar-refractivity contribution in [3.05, 3.63) is 101 Å². The molecule has 4 heterocycles. The van der Waals surface area contributed by atoms with E-state index in [1.807, 2.05) is 31.2 Å². The van der Waals surface area contributed by atoms with Crippen LogP contribution in [-0.4, -0.2) is 31.4 Å². The summed E-state index contributed by atoms with van der Waals surface area (Å²) in [6.07, 6.45) is 0.136. The van der Waals surface area contributed by atoms with Crippen LogP contribution in [0.1, 0.15) is 37.7 Å². The number of carbonyl (C=O) groups is 2. The summed E-state index contributed by atoms with van der Waals surface area (Å²) in [5, 5.41) is 7.52. The molecule has 3 N–H and O–H groups in total. The van der Waals surface area contributed by atoms with Gasteiger partial charge in [-0.1, -0.05) is 60.2 Å². The number of anilines is 1. The topological polar surface area (TPSA) is 115 Å². The molecule has 0 unspecified atom stereocenters. The quantitative estimate of drug-likeness (QED) is 0.252. The van der Waals surface area contributed by atoms with Gasteiger partial charge < -0.3 is 11.1 Å². The van der Waals surface area contributed by atoms with Gasteiger partial charge in [0.15, 0.2) is 5.65 Å². The molecule has 4 aromatic heterocycles. The number of nitrogens with zero attached hydrogens (tertiary/aromatic N) is 4. The Labute approximate surface area is 230 Å². The summed E-state index contributed by atoms with van der Waals surface area (Å²) in [4.78, 5) is 34.7. The lowest BCUT2D eigenvalue weighted by Crippen LogP contribution is -2.17. The summed E-state index contributed by atoms with van der Waals surface area (Å²) in [5.74, 6) is -1.42. The van der Waals surface area contributed by atoms with Crippen molar-refractivity contribution in [2.45, 2.75) is 13.3 Å². The molecule has 0 spiro atoms. The first-order chi connectivity index (χ1) is 19.3. The molecule has 0 fully saturated rings. The Morgan fingerprint density at radius 3 is 2.48 bits per heavy atom. The maximum atomic E-state index is 13.7. The highest BCUT2D eigenvalue weighted by atomic mass is 32.1. The summed E-state index contributed by atoms with van der Waals surface area (Å²) < 4.78 is 29.0. The minimum atomic E-state index is -2.84. The Bertz CT molecular complexity index is 1920. The van der Waals surface area contributed by atoms with Crippen LogP contribution in [0.2, 0.25) is 0 Å². The van der Waals surface area contributed by atoms with E-state index in [2.05, 4.69) is 20.4 Å². The van der Waals surface area contributed by atoms with Gasteiger partial charge in [-0.3, -0.25) is 9.59 Å². The van der Waals surface area contributed by atoms with Crippen LogP contribution < -0.4 is 11.1 Å². The van der Waals surface area contributed by atoms with Crippen molar-refractivity contribution < 1.29 is 18.4 Å². The van der Waals surface area contributed by atoms with Gasteiger partial charge in [0.25, 0.3) is 18.2 Å². The summed E-state index contributed by atoms with van der Waals surface area (Å²) in [7, 11) is 0. The molecule has 11 heteroatoms. The number of aromatic nitrogens is 4. The molecule has 0 saturated heterocycles. The molecule has 0 aliphatic carbocycles. The highest BCUT2D eigenvalue weighted by molar-refractivity contribution is 7.21. The van der Waals surface area contributed by atoms with Crippen LogP contribution in [0.15, 0.2) is 79.1 Å². The monoisotopic (exact) mass is 554 g/mol. The molecule has 0 atom stereocenters. The molecule has 6 rings (SSSR count). The lowest BCUT2D eigenvalue weighted by Gasteiger charge is -2.11. The number of rotatable bonds is 6. The third-order valence-electron chi connectivity index (χ3n) is 6.45. The Balaban J connectivity index is 1.49. The van der Waals surface area contributed by atoms with E-state index in [9.17, 15) is 18.4 Å². The SMILES string of the molecule is Cc1ccc(-c2ccnc3c(C(=O)Nc4c(C(N)=O)sc5nc(C(F)F)cc(-c6ccccc6)c45)cnn23)cc1. The van der Waals surface area contributed by atoms with Crippen molar-refractivity contribution in [3.8, 4) is 22.4 Å². The molecule has 40 heavy (non-hydrogen) atoms. The fraction of sp³-hybridized carbons (Fsp3) is 0.0690. The number of alkyl halides is 2. The Morgan fingerprint density at radius 2 is 1.77 bits per heavy atom. The minimum Gasteiger partial charge on any atom is -0.365 e. The van der Waals surface area contributed by atoms with Crippen LogP contribution >= 0.6 is 11.3 Å². The average Bonchev–Trinajstić information content (AvgIpc) is 3.55. The fourth-order valence-electron chi connectivity index (χ4n) is 4.54. The van der Waals surface area contributed by atoms with Gasteiger partial charge in [0, 0.05) is 17.1 Å². The number of nitrogens with two attached hydrogens (primary N) is 1. The summed E-state index contributed by atoms with van der Waals surface area (Å²) in [6.45, 7) is 1.99. The highest BCUT2D eigenvalue weighted by Gasteiger charge is 2.26. The second-order valence-electron chi connectivity index (χ2n) is 9.06. The van der Waals surface area contributed by atoms with Crippen LogP contribution in [0.25, 0.3) is 38.2 Å². The van der Waals surface area contributed by atoms with Gasteiger partial charge in [0.1, 0.15) is 21.0 Å². The molecule has 0 aliphatic rings. The maximum Gasteiger partial charge on any atom is 0.280 e. The minimum absolute atomic E-state index is 0.00998. The van der Waals surface area contributed by atoms with E-state index in [4.69, 9.17) is 5.73 Å². The number of hydrogen-bond donors (Lipinski definition) is 2. The second kappa shape index (κ2) is 9.93. The first-order valence-corrected chi connectivity index (χ1v) is 13.0. The van der Waals surface area contributed by atoms with E-state index in [-0.39, 0.29) is 21.0 Å². The third-order valence-corrected chi connectivity index (χ3v) is 7.54. The van der Waals surface area contributed by atoms with Gasteiger partial charge in [-0.2, -0.15) is 5.10 Å². The highest BCUT2D eigenvalue weighted by Crippen LogP contribution is 2.42. The van der Waals surface area contributed by atoms with Crippen LogP contribution in [-0.2, 0) is 0 Å². The predicted molar refractivity (Wildman–Crippen MR) is 150 cm³/mol. The number of halogens is 2. The number of primary amides is 1. The first kappa shape index (κ1) is 25.3. The van der Waals surface area contributed by atoms with Crippen molar-refractivity contribution in [3.63, 3.8) is 0 Å². The van der Waals surface area contributed by atoms with Crippen LogP contribution in [0.5, 0.6) is 0 Å². The standard InChI is InChI=1S/C29H20F2N6O2S/c1-15-7-9-17(10-8-15)21-11-12-33-27-19(14-34-37(21)27)28(39)36-23-22-18(16-5-3-2-4-6-16)13-20(25(30)31)35-29(22)40-24(23)26(32)38/h2-14,25H,1H3,(H2,32,38)(H,36,39). The van der Waals surface area contributed by atoms with E-state index in [1.165, 1.54) is 12.3 Å². The Hall–Kier alpha value is -5.03. The van der Waals surface area contributed by atoms with Gasteiger partial charge in [-0.25, -0.2) is 23.3 Å². The molecule has 6 aromatic rings. The van der Waals surface area contributed by atoms with E-state index < -0.39 is 23.9 Å². The van der Waals surface area contributed by atoms with Gasteiger partial charge in [0.2, 0.25) is 0 Å². The van der Waals surface area contributed by atoms with Crippen molar-refractivity contribution in [1.82, 2.24) is 19.6 Å². The summed E-state index contributed by atoms with van der Waals surface area (Å²) in [5.41, 5.74) is 9.50. The van der Waals surface area contributed by atoms with Crippen molar-refractivity contribution in [2.24, 2.45) is 5.73 Å². The van der Waals surface area contributed by atoms with E-state index >= 15 is 0 Å². The first-order valence-electron chi connectivity index (χ1n) is 12.1. The van der Waals surface area contributed by atoms with Crippen LogP contribution in [0.4, 0.5) is 14.5 Å². The van der Waals surface area contributed by atoms with Crippen LogP contribution in [0.3, 0.4) is 0 Å². The van der Waals surface area contributed by atoms with Gasteiger partial charge >= 0.3 is 0 Å².